The van der Waals surface area contributed by atoms with Crippen molar-refractivity contribution in [2.24, 2.45) is 0 Å². The van der Waals surface area contributed by atoms with Crippen molar-refractivity contribution in [1.29, 1.82) is 0 Å². The number of carbonyl (C=O) groups is 1. The van der Waals surface area contributed by atoms with E-state index in [1.54, 1.807) is 22.4 Å². The quantitative estimate of drug-likeness (QED) is 0.802. The molecule has 3 heterocycles. The number of hydrogen-bond donors (Lipinski definition) is 0. The predicted molar refractivity (Wildman–Crippen MR) is 92.7 cm³/mol. The fourth-order valence-corrected chi connectivity index (χ4v) is 6.10. The molecule has 5 nitrogen and oxygen atoms in total. The molecule has 0 N–H and O–H groups in total. The van der Waals surface area contributed by atoms with Gasteiger partial charge in [0.2, 0.25) is 5.91 Å². The van der Waals surface area contributed by atoms with Crippen LogP contribution in [0.1, 0.15) is 17.2 Å². The number of carbonyl (C=O) groups excluding carboxylic acids is 1. The van der Waals surface area contributed by atoms with Gasteiger partial charge in [-0.2, -0.15) is 4.31 Å². The topological polar surface area (TPSA) is 57.7 Å². The van der Waals surface area contributed by atoms with Gasteiger partial charge in [0, 0.05) is 18.1 Å². The largest absolute Gasteiger partial charge is 0.333 e. The molecule has 2 aromatic rings. The zero-order valence-corrected chi connectivity index (χ0v) is 15.1. The van der Waals surface area contributed by atoms with Gasteiger partial charge in [-0.1, -0.05) is 23.7 Å². The molecule has 0 radical (unpaired) electrons. The Bertz CT molecular complexity index is 896. The average molecular weight is 383 g/mol. The van der Waals surface area contributed by atoms with Gasteiger partial charge in [0.05, 0.1) is 12.6 Å². The maximum absolute atomic E-state index is 12.8. The molecule has 1 aromatic heterocycles. The summed E-state index contributed by atoms with van der Waals surface area (Å²) in [5.41, 5.74) is 2.08. The highest BCUT2D eigenvalue weighted by atomic mass is 35.5. The van der Waals surface area contributed by atoms with Crippen LogP contribution in [-0.2, 0) is 21.2 Å². The SMILES string of the molecule is O=C1CN(S(=O)(=O)c2cccs2)CC2c3cc(Cl)ccc3CCN12. The van der Waals surface area contributed by atoms with E-state index in [2.05, 4.69) is 0 Å². The van der Waals surface area contributed by atoms with Crippen LogP contribution >= 0.6 is 22.9 Å². The van der Waals surface area contributed by atoms with E-state index in [-0.39, 0.29) is 29.2 Å². The van der Waals surface area contributed by atoms with Gasteiger partial charge < -0.3 is 4.90 Å². The molecule has 8 heteroatoms. The van der Waals surface area contributed by atoms with Crippen LogP contribution in [0.3, 0.4) is 0 Å². The minimum atomic E-state index is -3.64. The van der Waals surface area contributed by atoms with Gasteiger partial charge in [-0.25, -0.2) is 8.42 Å². The minimum Gasteiger partial charge on any atom is -0.333 e. The molecule has 0 spiro atoms. The van der Waals surface area contributed by atoms with Crippen LogP contribution in [0.4, 0.5) is 0 Å². The summed E-state index contributed by atoms with van der Waals surface area (Å²) >= 11 is 7.28. The van der Waals surface area contributed by atoms with E-state index in [9.17, 15) is 13.2 Å². The van der Waals surface area contributed by atoms with Gasteiger partial charge in [0.25, 0.3) is 10.0 Å². The van der Waals surface area contributed by atoms with Crippen LogP contribution in [0.15, 0.2) is 39.9 Å². The summed E-state index contributed by atoms with van der Waals surface area (Å²) in [5.74, 6) is -0.156. The fraction of sp³-hybridized carbons (Fsp3) is 0.312. The Morgan fingerprint density at radius 2 is 2.08 bits per heavy atom. The van der Waals surface area contributed by atoms with E-state index in [4.69, 9.17) is 11.6 Å². The number of hydrogen-bond acceptors (Lipinski definition) is 4. The Balaban J connectivity index is 1.73. The van der Waals surface area contributed by atoms with Crippen molar-refractivity contribution in [2.45, 2.75) is 16.7 Å². The molecule has 1 amide bonds. The van der Waals surface area contributed by atoms with E-state index in [0.717, 1.165) is 17.5 Å². The Morgan fingerprint density at radius 1 is 1.25 bits per heavy atom. The summed E-state index contributed by atoms with van der Waals surface area (Å²) in [6.07, 6.45) is 0.770. The third kappa shape index (κ3) is 2.56. The van der Waals surface area contributed by atoms with Gasteiger partial charge in [-0.3, -0.25) is 4.79 Å². The predicted octanol–water partition coefficient (Wildman–Crippen LogP) is 2.53. The molecule has 1 unspecified atom stereocenters. The van der Waals surface area contributed by atoms with Gasteiger partial charge in [0.1, 0.15) is 4.21 Å². The molecule has 0 bridgehead atoms. The molecule has 0 saturated carbocycles. The zero-order valence-electron chi connectivity index (χ0n) is 12.7. The van der Waals surface area contributed by atoms with Crippen molar-refractivity contribution in [2.75, 3.05) is 19.6 Å². The molecule has 1 aromatic carbocycles. The maximum Gasteiger partial charge on any atom is 0.253 e. The highest BCUT2D eigenvalue weighted by Crippen LogP contribution is 2.36. The fourth-order valence-electron chi connectivity index (χ4n) is 3.38. The second-order valence-corrected chi connectivity index (χ2v) is 9.47. The molecule has 0 aliphatic carbocycles. The molecule has 4 rings (SSSR count). The maximum atomic E-state index is 12.8. The molecule has 2 aliphatic heterocycles. The Kier molecular flexibility index (Phi) is 3.91. The lowest BCUT2D eigenvalue weighted by Crippen LogP contribution is -2.55. The van der Waals surface area contributed by atoms with E-state index in [1.807, 2.05) is 18.2 Å². The summed E-state index contributed by atoms with van der Waals surface area (Å²) in [4.78, 5) is 14.3. The van der Waals surface area contributed by atoms with Crippen LogP contribution in [0.2, 0.25) is 5.02 Å². The van der Waals surface area contributed by atoms with Gasteiger partial charge >= 0.3 is 0 Å². The van der Waals surface area contributed by atoms with Crippen molar-refractivity contribution >= 4 is 38.9 Å². The number of halogens is 1. The molecule has 1 saturated heterocycles. The Morgan fingerprint density at radius 3 is 2.83 bits per heavy atom. The number of piperazine rings is 1. The number of benzene rings is 1. The van der Waals surface area contributed by atoms with E-state index < -0.39 is 10.0 Å². The minimum absolute atomic E-state index is 0.105. The number of rotatable bonds is 2. The molecule has 2 aliphatic rings. The van der Waals surface area contributed by atoms with Crippen LogP contribution in [0, 0.1) is 0 Å². The smallest absolute Gasteiger partial charge is 0.253 e. The number of thiophene rings is 1. The van der Waals surface area contributed by atoms with E-state index in [1.165, 1.54) is 15.6 Å². The summed E-state index contributed by atoms with van der Waals surface area (Å²) in [6, 6.07) is 8.65. The lowest BCUT2D eigenvalue weighted by molar-refractivity contribution is -0.138. The van der Waals surface area contributed by atoms with Crippen molar-refractivity contribution in [3.63, 3.8) is 0 Å². The normalized spacial score (nSPS) is 21.5. The molecular weight excluding hydrogens is 368 g/mol. The second kappa shape index (κ2) is 5.84. The molecule has 1 atom stereocenters. The van der Waals surface area contributed by atoms with E-state index >= 15 is 0 Å². The van der Waals surface area contributed by atoms with Crippen LogP contribution in [-0.4, -0.2) is 43.2 Å². The molecular formula is C16H15ClN2O3S2. The number of fused-ring (bicyclic) bond motifs is 3. The summed E-state index contributed by atoms with van der Waals surface area (Å²) in [5, 5.41) is 2.32. The Labute approximate surface area is 149 Å². The van der Waals surface area contributed by atoms with Crippen molar-refractivity contribution in [1.82, 2.24) is 9.21 Å². The van der Waals surface area contributed by atoms with Crippen molar-refractivity contribution < 1.29 is 13.2 Å². The van der Waals surface area contributed by atoms with Gasteiger partial charge in [-0.15, -0.1) is 11.3 Å². The summed E-state index contributed by atoms with van der Waals surface area (Å²) in [6.45, 7) is 0.775. The van der Waals surface area contributed by atoms with Gasteiger partial charge in [0.15, 0.2) is 0 Å². The van der Waals surface area contributed by atoms with E-state index in [0.29, 0.717) is 11.6 Å². The van der Waals surface area contributed by atoms with Crippen molar-refractivity contribution in [3.8, 4) is 0 Å². The zero-order chi connectivity index (χ0) is 16.9. The lowest BCUT2D eigenvalue weighted by Gasteiger charge is -2.44. The van der Waals surface area contributed by atoms with Crippen molar-refractivity contribution in [3.05, 3.63) is 51.9 Å². The summed E-state index contributed by atoms with van der Waals surface area (Å²) < 4.78 is 27.1. The molecule has 24 heavy (non-hydrogen) atoms. The first-order valence-electron chi connectivity index (χ1n) is 7.58. The first-order chi connectivity index (χ1) is 11.5. The average Bonchev–Trinajstić information content (AvgIpc) is 3.10. The first kappa shape index (κ1) is 16.1. The molecule has 1 fully saturated rings. The monoisotopic (exact) mass is 382 g/mol. The third-order valence-electron chi connectivity index (χ3n) is 4.56. The number of sulfonamides is 1. The highest BCUT2D eigenvalue weighted by Gasteiger charge is 2.41. The van der Waals surface area contributed by atoms with Crippen LogP contribution < -0.4 is 0 Å². The highest BCUT2D eigenvalue weighted by molar-refractivity contribution is 7.91. The lowest BCUT2D eigenvalue weighted by atomic mass is 9.91. The summed E-state index contributed by atoms with van der Waals surface area (Å²) in [7, 11) is -3.64. The number of amides is 1. The molecule has 126 valence electrons. The third-order valence-corrected chi connectivity index (χ3v) is 7.98. The first-order valence-corrected chi connectivity index (χ1v) is 10.3. The standard InChI is InChI=1S/C16H15ClN2O3S2/c17-12-4-3-11-5-6-19-14(13(11)8-12)9-18(10-15(19)20)24(21,22)16-2-1-7-23-16/h1-4,7-8,14H,5-6,9-10H2. The Hall–Kier alpha value is -1.41. The van der Waals surface area contributed by atoms with Gasteiger partial charge in [-0.05, 0) is 41.1 Å². The second-order valence-electron chi connectivity index (χ2n) is 5.93. The number of nitrogens with zero attached hydrogens (tertiary/aromatic N) is 2. The van der Waals surface area contributed by atoms with Crippen LogP contribution in [0.5, 0.6) is 0 Å². The van der Waals surface area contributed by atoms with Crippen LogP contribution in [0.25, 0.3) is 0 Å².